The van der Waals surface area contributed by atoms with Crippen molar-refractivity contribution in [2.24, 2.45) is 11.8 Å². The van der Waals surface area contributed by atoms with Crippen LogP contribution in [0, 0.1) is 11.8 Å². The smallest absolute Gasteiger partial charge is 0.338 e. The topological polar surface area (TPSA) is 20.3 Å². The molecule has 0 bridgehead atoms. The highest BCUT2D eigenvalue weighted by Crippen LogP contribution is 2.29. The number of carbonyl (C=O) groups is 1. The first-order chi connectivity index (χ1) is 10.3. The van der Waals surface area contributed by atoms with E-state index in [9.17, 15) is 18.0 Å². The molecule has 0 N–H and O–H groups in total. The molecule has 0 aromatic heterocycles. The molecule has 1 aliphatic rings. The van der Waals surface area contributed by atoms with Gasteiger partial charge < -0.3 is 4.90 Å². The molecule has 2 nitrogen and oxygen atoms in total. The maximum Gasteiger partial charge on any atom is 0.416 e. The maximum atomic E-state index is 12.5. The van der Waals surface area contributed by atoms with Gasteiger partial charge in [-0.1, -0.05) is 37.8 Å². The number of hydrogen-bond donors (Lipinski definition) is 0. The molecule has 1 aliphatic heterocycles. The molecule has 1 fully saturated rings. The molecule has 2 rings (SSSR count). The number of rotatable bonds is 3. The van der Waals surface area contributed by atoms with Gasteiger partial charge in [0.2, 0.25) is 5.91 Å². The highest BCUT2D eigenvalue weighted by atomic mass is 19.4. The van der Waals surface area contributed by atoms with E-state index in [0.717, 1.165) is 12.1 Å². The van der Waals surface area contributed by atoms with Crippen molar-refractivity contribution in [3.63, 3.8) is 0 Å². The van der Waals surface area contributed by atoms with Crippen molar-refractivity contribution in [3.8, 4) is 0 Å². The van der Waals surface area contributed by atoms with Gasteiger partial charge in [0.15, 0.2) is 0 Å². The second kappa shape index (κ2) is 6.38. The van der Waals surface area contributed by atoms with Crippen LogP contribution in [0.2, 0.25) is 0 Å². The van der Waals surface area contributed by atoms with Gasteiger partial charge in [0.05, 0.1) is 5.56 Å². The number of carbonyl (C=O) groups excluding carboxylic acids is 1. The Bertz CT molecular complexity index is 575. The van der Waals surface area contributed by atoms with Crippen LogP contribution in [-0.4, -0.2) is 23.9 Å². The highest BCUT2D eigenvalue weighted by Gasteiger charge is 2.30. The number of hydrogen-bond acceptors (Lipinski definition) is 1. The number of amides is 1. The fraction of sp³-hybridized carbons (Fsp3) is 0.353. The average Bonchev–Trinajstić information content (AvgIpc) is 2.85. The molecule has 1 aromatic carbocycles. The van der Waals surface area contributed by atoms with Crippen LogP contribution >= 0.6 is 0 Å². The monoisotopic (exact) mass is 309 g/mol. The molecule has 0 aliphatic carbocycles. The summed E-state index contributed by atoms with van der Waals surface area (Å²) in [7, 11) is 0. The number of benzene rings is 1. The fourth-order valence-corrected chi connectivity index (χ4v) is 2.57. The summed E-state index contributed by atoms with van der Waals surface area (Å²) in [6.45, 7) is 6.82. The van der Waals surface area contributed by atoms with Crippen molar-refractivity contribution in [2.75, 3.05) is 13.1 Å². The fourth-order valence-electron chi connectivity index (χ4n) is 2.57. The molecule has 0 unspecified atom stereocenters. The van der Waals surface area contributed by atoms with Crippen LogP contribution in [0.3, 0.4) is 0 Å². The summed E-state index contributed by atoms with van der Waals surface area (Å²) in [6, 6.07) is 5.05. The molecule has 0 radical (unpaired) electrons. The minimum atomic E-state index is -4.31. The Labute approximate surface area is 127 Å². The Morgan fingerprint density at radius 2 is 1.91 bits per heavy atom. The SMILES string of the molecule is C=CC(=O)N1C[C@H](C)[C@@H](C=Cc2ccc(C(F)(F)F)cc2)C1. The van der Waals surface area contributed by atoms with E-state index in [-0.39, 0.29) is 11.8 Å². The highest BCUT2D eigenvalue weighted by molar-refractivity contribution is 5.87. The molecular formula is C17H18F3NO. The van der Waals surface area contributed by atoms with Crippen LogP contribution in [0.5, 0.6) is 0 Å². The van der Waals surface area contributed by atoms with Crippen molar-refractivity contribution in [1.82, 2.24) is 4.90 Å². The maximum absolute atomic E-state index is 12.5. The van der Waals surface area contributed by atoms with E-state index in [1.165, 1.54) is 18.2 Å². The van der Waals surface area contributed by atoms with Crippen molar-refractivity contribution in [1.29, 1.82) is 0 Å². The van der Waals surface area contributed by atoms with Gasteiger partial charge in [-0.2, -0.15) is 13.2 Å². The van der Waals surface area contributed by atoms with Gasteiger partial charge in [0.1, 0.15) is 0 Å². The lowest BCUT2D eigenvalue weighted by atomic mass is 9.97. The molecular weight excluding hydrogens is 291 g/mol. The predicted molar refractivity (Wildman–Crippen MR) is 79.9 cm³/mol. The summed E-state index contributed by atoms with van der Waals surface area (Å²) >= 11 is 0. The van der Waals surface area contributed by atoms with E-state index in [1.807, 2.05) is 12.2 Å². The predicted octanol–water partition coefficient (Wildman–Crippen LogP) is 4.00. The zero-order valence-electron chi connectivity index (χ0n) is 12.3. The lowest BCUT2D eigenvalue weighted by Crippen LogP contribution is -2.26. The lowest BCUT2D eigenvalue weighted by Gasteiger charge is -2.12. The molecule has 1 saturated heterocycles. The second-order valence-corrected chi connectivity index (χ2v) is 5.57. The third-order valence-corrected chi connectivity index (χ3v) is 3.93. The van der Waals surface area contributed by atoms with Crippen LogP contribution in [0.4, 0.5) is 13.2 Å². The summed E-state index contributed by atoms with van der Waals surface area (Å²) in [5.41, 5.74) is 0.0651. The quantitative estimate of drug-likeness (QED) is 0.773. The van der Waals surface area contributed by atoms with Gasteiger partial charge >= 0.3 is 6.18 Å². The summed E-state index contributed by atoms with van der Waals surface area (Å²) in [5.74, 6) is 0.429. The summed E-state index contributed by atoms with van der Waals surface area (Å²) in [6.07, 6.45) is 0.759. The van der Waals surface area contributed by atoms with Gasteiger partial charge in [-0.3, -0.25) is 4.79 Å². The Morgan fingerprint density at radius 1 is 1.27 bits per heavy atom. The molecule has 22 heavy (non-hydrogen) atoms. The van der Waals surface area contributed by atoms with Crippen LogP contribution in [0.15, 0.2) is 43.0 Å². The van der Waals surface area contributed by atoms with Crippen LogP contribution in [0.1, 0.15) is 18.1 Å². The molecule has 0 saturated carbocycles. The molecule has 1 aromatic rings. The lowest BCUT2D eigenvalue weighted by molar-refractivity contribution is -0.137. The Kier molecular flexibility index (Phi) is 4.74. The van der Waals surface area contributed by atoms with Crippen molar-refractivity contribution >= 4 is 12.0 Å². The van der Waals surface area contributed by atoms with Crippen molar-refractivity contribution in [3.05, 3.63) is 54.1 Å². The zero-order chi connectivity index (χ0) is 16.3. The summed E-state index contributed by atoms with van der Waals surface area (Å²) in [5, 5.41) is 0. The molecule has 5 heteroatoms. The van der Waals surface area contributed by atoms with E-state index in [2.05, 4.69) is 13.5 Å². The minimum Gasteiger partial charge on any atom is -0.338 e. The van der Waals surface area contributed by atoms with Gasteiger partial charge in [-0.25, -0.2) is 0 Å². The van der Waals surface area contributed by atoms with Crippen molar-refractivity contribution in [2.45, 2.75) is 13.1 Å². The standard InChI is InChI=1S/C17H18F3NO/c1-3-16(22)21-10-12(2)14(11-21)7-4-13-5-8-15(9-6-13)17(18,19)20/h3-9,12,14H,1,10-11H2,2H3/t12-,14-/m0/s1. The Hall–Kier alpha value is -2.04. The summed E-state index contributed by atoms with van der Waals surface area (Å²) in [4.78, 5) is 13.3. The van der Waals surface area contributed by atoms with E-state index in [0.29, 0.717) is 24.6 Å². The Morgan fingerprint density at radius 3 is 2.45 bits per heavy atom. The first kappa shape index (κ1) is 16.3. The zero-order valence-corrected chi connectivity index (χ0v) is 12.3. The third kappa shape index (κ3) is 3.78. The van der Waals surface area contributed by atoms with Crippen molar-refractivity contribution < 1.29 is 18.0 Å². The first-order valence-electron chi connectivity index (χ1n) is 7.08. The second-order valence-electron chi connectivity index (χ2n) is 5.57. The Balaban J connectivity index is 2.03. The summed E-state index contributed by atoms with van der Waals surface area (Å²) < 4.78 is 37.5. The average molecular weight is 309 g/mol. The third-order valence-electron chi connectivity index (χ3n) is 3.93. The number of halogens is 3. The van der Waals surface area contributed by atoms with Crippen LogP contribution < -0.4 is 0 Å². The van der Waals surface area contributed by atoms with Crippen LogP contribution in [-0.2, 0) is 11.0 Å². The van der Waals surface area contributed by atoms with Crippen LogP contribution in [0.25, 0.3) is 6.08 Å². The van der Waals surface area contributed by atoms with E-state index >= 15 is 0 Å². The molecule has 1 amide bonds. The molecule has 1 heterocycles. The first-order valence-corrected chi connectivity index (χ1v) is 7.08. The largest absolute Gasteiger partial charge is 0.416 e. The normalized spacial score (nSPS) is 22.3. The van der Waals surface area contributed by atoms with E-state index < -0.39 is 11.7 Å². The minimum absolute atomic E-state index is 0.0859. The van der Waals surface area contributed by atoms with Gasteiger partial charge in [-0.05, 0) is 35.6 Å². The van der Waals surface area contributed by atoms with E-state index in [1.54, 1.807) is 4.90 Å². The number of nitrogens with zero attached hydrogens (tertiary/aromatic N) is 1. The van der Waals surface area contributed by atoms with Gasteiger partial charge in [-0.15, -0.1) is 0 Å². The number of likely N-dealkylation sites (tertiary alicyclic amines) is 1. The molecule has 2 atom stereocenters. The van der Waals surface area contributed by atoms with Gasteiger partial charge in [0.25, 0.3) is 0 Å². The van der Waals surface area contributed by atoms with E-state index in [4.69, 9.17) is 0 Å². The number of alkyl halides is 3. The van der Waals surface area contributed by atoms with Gasteiger partial charge in [0, 0.05) is 13.1 Å². The molecule has 118 valence electrons. The molecule has 0 spiro atoms.